The van der Waals surface area contributed by atoms with Crippen LogP contribution >= 0.6 is 0 Å². The molecule has 0 unspecified atom stereocenters. The predicted octanol–water partition coefficient (Wildman–Crippen LogP) is 5.23. The summed E-state index contributed by atoms with van der Waals surface area (Å²) in [6.07, 6.45) is 1.76. The zero-order valence-electron chi connectivity index (χ0n) is 18.6. The predicted molar refractivity (Wildman–Crippen MR) is 126 cm³/mol. The van der Waals surface area contributed by atoms with Gasteiger partial charge < -0.3 is 23.9 Å². The molecule has 0 aliphatic carbocycles. The van der Waals surface area contributed by atoms with Gasteiger partial charge in [0.15, 0.2) is 11.5 Å². The minimum Gasteiger partial charge on any atom is -0.497 e. The first kappa shape index (κ1) is 21.8. The van der Waals surface area contributed by atoms with Crippen molar-refractivity contribution < 1.29 is 18.9 Å². The Kier molecular flexibility index (Phi) is 6.46. The van der Waals surface area contributed by atoms with Gasteiger partial charge in [0.25, 0.3) is 0 Å². The average Bonchev–Trinajstić information content (AvgIpc) is 3.30. The van der Waals surface area contributed by atoms with Crippen molar-refractivity contribution in [3.05, 3.63) is 77.6 Å². The minimum absolute atomic E-state index is 0.272. The van der Waals surface area contributed by atoms with Crippen LogP contribution in [0.15, 0.2) is 60.7 Å². The number of benzene rings is 3. The normalized spacial score (nSPS) is 11.2. The number of H-pyrrole nitrogens is 1. The third kappa shape index (κ3) is 4.75. The number of para-hydroxylation sites is 2. The van der Waals surface area contributed by atoms with Gasteiger partial charge in [-0.2, -0.15) is 5.26 Å². The first-order valence-corrected chi connectivity index (χ1v) is 10.2. The fourth-order valence-electron chi connectivity index (χ4n) is 3.44. The van der Waals surface area contributed by atoms with E-state index in [0.29, 0.717) is 28.6 Å². The van der Waals surface area contributed by atoms with Gasteiger partial charge in [0.05, 0.1) is 37.9 Å². The van der Waals surface area contributed by atoms with Crippen LogP contribution in [0.2, 0.25) is 0 Å². The second-order valence-corrected chi connectivity index (χ2v) is 7.15. The molecule has 1 aromatic heterocycles. The molecule has 0 amide bonds. The summed E-state index contributed by atoms with van der Waals surface area (Å²) >= 11 is 0. The van der Waals surface area contributed by atoms with Gasteiger partial charge in [-0.25, -0.2) is 4.98 Å². The van der Waals surface area contributed by atoms with Gasteiger partial charge in [0, 0.05) is 5.56 Å². The van der Waals surface area contributed by atoms with Gasteiger partial charge in [0.2, 0.25) is 0 Å². The Balaban J connectivity index is 1.58. The van der Waals surface area contributed by atoms with E-state index in [2.05, 4.69) is 16.0 Å². The maximum atomic E-state index is 9.69. The standard InChI is InChI=1S/C26H23N3O4/c1-30-20-9-11-23(31-2)19(14-20)16-33-24-10-8-17(13-25(24)32-3)12-18(15-27)26-28-21-6-4-5-7-22(21)29-26/h4-14H,16H2,1-3H3,(H,28,29). The number of ether oxygens (including phenoxy) is 4. The average molecular weight is 441 g/mol. The van der Waals surface area contributed by atoms with E-state index in [1.807, 2.05) is 60.7 Å². The van der Waals surface area contributed by atoms with E-state index in [9.17, 15) is 5.26 Å². The van der Waals surface area contributed by atoms with Crippen LogP contribution in [0, 0.1) is 11.3 Å². The van der Waals surface area contributed by atoms with E-state index in [4.69, 9.17) is 18.9 Å². The molecule has 0 aliphatic rings. The molecule has 7 nitrogen and oxygen atoms in total. The van der Waals surface area contributed by atoms with Crippen LogP contribution in [-0.4, -0.2) is 31.3 Å². The van der Waals surface area contributed by atoms with Crippen LogP contribution in [-0.2, 0) is 6.61 Å². The lowest BCUT2D eigenvalue weighted by Gasteiger charge is -2.14. The number of aromatic amines is 1. The number of allylic oxidation sites excluding steroid dienone is 1. The number of nitrogens with one attached hydrogen (secondary N) is 1. The highest BCUT2D eigenvalue weighted by Gasteiger charge is 2.12. The van der Waals surface area contributed by atoms with E-state index in [0.717, 1.165) is 27.9 Å². The van der Waals surface area contributed by atoms with Gasteiger partial charge in [-0.3, -0.25) is 0 Å². The Bertz CT molecular complexity index is 1320. The lowest BCUT2D eigenvalue weighted by Crippen LogP contribution is -2.01. The zero-order valence-corrected chi connectivity index (χ0v) is 18.6. The van der Waals surface area contributed by atoms with Crippen LogP contribution in [0.1, 0.15) is 17.0 Å². The molecule has 0 atom stereocenters. The van der Waals surface area contributed by atoms with Crippen molar-refractivity contribution in [2.24, 2.45) is 0 Å². The van der Waals surface area contributed by atoms with Gasteiger partial charge in [-0.15, -0.1) is 0 Å². The first-order chi connectivity index (χ1) is 16.1. The maximum Gasteiger partial charge on any atom is 0.161 e. The van der Waals surface area contributed by atoms with Crippen LogP contribution in [0.4, 0.5) is 0 Å². The fourth-order valence-corrected chi connectivity index (χ4v) is 3.44. The molecule has 1 N–H and O–H groups in total. The maximum absolute atomic E-state index is 9.69. The van der Waals surface area contributed by atoms with Crippen molar-refractivity contribution in [3.8, 4) is 29.1 Å². The number of fused-ring (bicyclic) bond motifs is 1. The van der Waals surface area contributed by atoms with Gasteiger partial charge >= 0.3 is 0 Å². The SMILES string of the molecule is COc1ccc(OC)c(COc2ccc(C=C(C#N)c3nc4ccccc4[nH]3)cc2OC)c1. The van der Waals surface area contributed by atoms with E-state index >= 15 is 0 Å². The molecule has 4 rings (SSSR count). The Morgan fingerprint density at radius 2 is 1.73 bits per heavy atom. The second-order valence-electron chi connectivity index (χ2n) is 7.15. The largest absolute Gasteiger partial charge is 0.497 e. The van der Waals surface area contributed by atoms with Crippen molar-refractivity contribution in [1.29, 1.82) is 5.26 Å². The molecule has 0 saturated carbocycles. The van der Waals surface area contributed by atoms with Gasteiger partial charge in [-0.05, 0) is 54.1 Å². The van der Waals surface area contributed by atoms with Crippen molar-refractivity contribution >= 4 is 22.7 Å². The Hall–Kier alpha value is -4.44. The third-order valence-corrected chi connectivity index (χ3v) is 5.13. The molecule has 0 fully saturated rings. The van der Waals surface area contributed by atoms with Gasteiger partial charge in [0.1, 0.15) is 30.0 Å². The number of nitriles is 1. The Morgan fingerprint density at radius 1 is 0.939 bits per heavy atom. The number of methoxy groups -OCH3 is 3. The molecule has 0 radical (unpaired) electrons. The zero-order chi connectivity index (χ0) is 23.2. The van der Waals surface area contributed by atoms with Crippen LogP contribution in [0.3, 0.4) is 0 Å². The minimum atomic E-state index is 0.272. The lowest BCUT2D eigenvalue weighted by atomic mass is 10.1. The van der Waals surface area contributed by atoms with E-state index in [1.54, 1.807) is 27.4 Å². The molecule has 33 heavy (non-hydrogen) atoms. The number of aromatic nitrogens is 2. The van der Waals surface area contributed by atoms with Gasteiger partial charge in [-0.1, -0.05) is 18.2 Å². The topological polar surface area (TPSA) is 89.4 Å². The van der Waals surface area contributed by atoms with Crippen LogP contribution in [0.25, 0.3) is 22.7 Å². The second kappa shape index (κ2) is 9.79. The smallest absolute Gasteiger partial charge is 0.161 e. The Morgan fingerprint density at radius 3 is 2.45 bits per heavy atom. The molecular weight excluding hydrogens is 418 g/mol. The lowest BCUT2D eigenvalue weighted by molar-refractivity contribution is 0.277. The first-order valence-electron chi connectivity index (χ1n) is 10.2. The van der Waals surface area contributed by atoms with E-state index in [-0.39, 0.29) is 6.61 Å². The van der Waals surface area contributed by atoms with Crippen LogP contribution < -0.4 is 18.9 Å². The monoisotopic (exact) mass is 441 g/mol. The van der Waals surface area contributed by atoms with Crippen molar-refractivity contribution in [3.63, 3.8) is 0 Å². The van der Waals surface area contributed by atoms with Crippen molar-refractivity contribution in [1.82, 2.24) is 9.97 Å². The molecule has 3 aromatic carbocycles. The summed E-state index contributed by atoms with van der Waals surface area (Å²) in [6.45, 7) is 0.272. The number of hydrogen-bond donors (Lipinski definition) is 1. The summed E-state index contributed by atoms with van der Waals surface area (Å²) in [6, 6.07) is 20.9. The molecule has 0 spiro atoms. The van der Waals surface area contributed by atoms with Crippen molar-refractivity contribution in [2.45, 2.75) is 6.61 Å². The van der Waals surface area contributed by atoms with E-state index in [1.165, 1.54) is 0 Å². The molecule has 4 aromatic rings. The Labute approximate surface area is 191 Å². The molecule has 1 heterocycles. The highest BCUT2D eigenvalue weighted by Crippen LogP contribution is 2.32. The molecule has 0 saturated heterocycles. The summed E-state index contributed by atoms with van der Waals surface area (Å²) < 4.78 is 22.2. The van der Waals surface area contributed by atoms with E-state index < -0.39 is 0 Å². The molecule has 7 heteroatoms. The molecular formula is C26H23N3O4. The summed E-state index contributed by atoms with van der Waals surface area (Å²) in [5.74, 6) is 3.06. The highest BCUT2D eigenvalue weighted by molar-refractivity contribution is 5.90. The third-order valence-electron chi connectivity index (χ3n) is 5.13. The fraction of sp³-hybridized carbons (Fsp3) is 0.154. The summed E-state index contributed by atoms with van der Waals surface area (Å²) in [5, 5.41) is 9.69. The highest BCUT2D eigenvalue weighted by atomic mass is 16.5. The quantitative estimate of drug-likeness (QED) is 0.377. The summed E-state index contributed by atoms with van der Waals surface area (Å²) in [5.41, 5.74) is 3.74. The number of imidazole rings is 1. The number of rotatable bonds is 8. The number of nitrogens with zero attached hydrogens (tertiary/aromatic N) is 2. The summed E-state index contributed by atoms with van der Waals surface area (Å²) in [4.78, 5) is 7.69. The van der Waals surface area contributed by atoms with Crippen LogP contribution in [0.5, 0.6) is 23.0 Å². The number of hydrogen-bond acceptors (Lipinski definition) is 6. The molecule has 166 valence electrons. The summed E-state index contributed by atoms with van der Waals surface area (Å²) in [7, 11) is 4.80. The molecule has 0 aliphatic heterocycles. The molecule has 0 bridgehead atoms. The van der Waals surface area contributed by atoms with Crippen molar-refractivity contribution in [2.75, 3.05) is 21.3 Å².